The van der Waals surface area contributed by atoms with Gasteiger partial charge in [-0.1, -0.05) is 11.6 Å². The van der Waals surface area contributed by atoms with Crippen LogP contribution in [0.25, 0.3) is 0 Å². The molecule has 0 saturated heterocycles. The summed E-state index contributed by atoms with van der Waals surface area (Å²) in [6, 6.07) is 3.82. The number of aryl methyl sites for hydroxylation is 2. The minimum Gasteiger partial charge on any atom is -0.320 e. The van der Waals surface area contributed by atoms with E-state index in [1.165, 1.54) is 0 Å². The second-order valence-electron chi connectivity index (χ2n) is 6.49. The van der Waals surface area contributed by atoms with Crippen molar-refractivity contribution in [1.82, 2.24) is 0 Å². The van der Waals surface area contributed by atoms with Crippen molar-refractivity contribution < 1.29 is 42.0 Å². The number of nitrogens with zero attached hydrogens (tertiary/aromatic N) is 1. The fourth-order valence-corrected chi connectivity index (χ4v) is 4.28. The predicted molar refractivity (Wildman–Crippen MR) is 93.4 cm³/mol. The fourth-order valence-electron chi connectivity index (χ4n) is 3.95. The molecule has 1 fully saturated rings. The summed E-state index contributed by atoms with van der Waals surface area (Å²) in [7, 11) is 0. The summed E-state index contributed by atoms with van der Waals surface area (Å²) in [4.78, 5) is 13.0. The molecule has 1 aliphatic rings. The van der Waals surface area contributed by atoms with Gasteiger partial charge < -0.3 is 9.80 Å². The quantitative estimate of drug-likeness (QED) is 0.693. The maximum atomic E-state index is 13.0. The molecule has 125 valence electrons. The van der Waals surface area contributed by atoms with Gasteiger partial charge >= 0.3 is 0 Å². The Labute approximate surface area is 170 Å². The molecule has 0 heterocycles. The van der Waals surface area contributed by atoms with Crippen LogP contribution in [0.1, 0.15) is 44.7 Å². The zero-order valence-electron chi connectivity index (χ0n) is 15.0. The molecule has 0 bridgehead atoms. The molecule has 1 aromatic rings. The summed E-state index contributed by atoms with van der Waals surface area (Å²) >= 11 is 6.09. The Hall–Kier alpha value is 0.0439. The number of hydrogen-bond acceptors (Lipinski definition) is 1. The van der Waals surface area contributed by atoms with Crippen LogP contribution >= 0.6 is 11.6 Å². The number of carbonyl (C=O) groups is 1. The number of quaternary nitrogens is 1. The van der Waals surface area contributed by atoms with E-state index in [1.54, 1.807) is 0 Å². The van der Waals surface area contributed by atoms with E-state index in [-0.39, 0.29) is 44.2 Å². The maximum absolute atomic E-state index is 13.0. The molecule has 1 aliphatic carbocycles. The molecule has 1 saturated carbocycles. The monoisotopic (exact) mass is 412 g/mol. The summed E-state index contributed by atoms with van der Waals surface area (Å²) in [5, 5.41) is 3.92. The number of hydrogen-bond donors (Lipinski definition) is 1. The van der Waals surface area contributed by atoms with Crippen LogP contribution < -0.4 is 5.32 Å². The fraction of sp³-hybridized carbons (Fsp3) is 0.611. The zero-order chi connectivity index (χ0) is 16.5. The van der Waals surface area contributed by atoms with Crippen molar-refractivity contribution in [1.29, 1.82) is 0 Å². The molecule has 3 nitrogen and oxygen atoms in total. The van der Waals surface area contributed by atoms with Crippen LogP contribution in [0.15, 0.2) is 12.1 Å². The van der Waals surface area contributed by atoms with Crippen LogP contribution in [0.5, 0.6) is 0 Å². The number of nitrogens with one attached hydrogen (secondary N) is 1. The number of benzene rings is 1. The SMILES string of the molecule is CC[N+](CC)(CC)C1(C(=O)Nc2c(C)cc(Cl)cc2C)CC1.[Y]. The Kier molecular flexibility index (Phi) is 7.29. The maximum Gasteiger partial charge on any atom is 0.285 e. The van der Waals surface area contributed by atoms with Crippen molar-refractivity contribution in [2.45, 2.75) is 53.0 Å². The van der Waals surface area contributed by atoms with Gasteiger partial charge in [0.05, 0.1) is 19.6 Å². The molecule has 1 amide bonds. The van der Waals surface area contributed by atoms with Crippen LogP contribution in [-0.4, -0.2) is 35.6 Å². The van der Waals surface area contributed by atoms with Crippen molar-refractivity contribution in [3.8, 4) is 0 Å². The number of halogens is 1. The molecule has 0 aliphatic heterocycles. The van der Waals surface area contributed by atoms with Gasteiger partial charge in [0.15, 0.2) is 5.54 Å². The zero-order valence-corrected chi connectivity index (χ0v) is 18.6. The van der Waals surface area contributed by atoms with Gasteiger partial charge in [-0.2, -0.15) is 0 Å². The number of rotatable bonds is 6. The van der Waals surface area contributed by atoms with E-state index in [0.717, 1.165) is 58.8 Å². The number of anilines is 1. The Morgan fingerprint density at radius 1 is 1.13 bits per heavy atom. The Bertz CT molecular complexity index is 549. The van der Waals surface area contributed by atoms with E-state index < -0.39 is 0 Å². The first-order valence-corrected chi connectivity index (χ1v) is 8.68. The van der Waals surface area contributed by atoms with Gasteiger partial charge in [0.2, 0.25) is 0 Å². The van der Waals surface area contributed by atoms with E-state index in [4.69, 9.17) is 11.6 Å². The summed E-state index contributed by atoms with van der Waals surface area (Å²) in [6.45, 7) is 13.6. The van der Waals surface area contributed by atoms with E-state index >= 15 is 0 Å². The van der Waals surface area contributed by atoms with Gasteiger partial charge in [-0.25, -0.2) is 0 Å². The second-order valence-corrected chi connectivity index (χ2v) is 6.93. The first-order valence-electron chi connectivity index (χ1n) is 8.30. The molecule has 23 heavy (non-hydrogen) atoms. The average Bonchev–Trinajstić information content (AvgIpc) is 3.27. The number of likely N-dealkylation sites (N-methyl/N-ethyl adjacent to an activating group) is 1. The molecule has 5 heteroatoms. The van der Waals surface area contributed by atoms with Crippen LogP contribution in [0.2, 0.25) is 5.02 Å². The molecule has 2 rings (SSSR count). The summed E-state index contributed by atoms with van der Waals surface area (Å²) < 4.78 is 0.879. The second kappa shape index (κ2) is 7.95. The molecule has 0 aromatic heterocycles. The minimum atomic E-state index is -0.239. The third-order valence-corrected chi connectivity index (χ3v) is 5.82. The van der Waals surface area contributed by atoms with Gasteiger partial charge in [-0.15, -0.1) is 0 Å². The van der Waals surface area contributed by atoms with E-state index in [1.807, 2.05) is 26.0 Å². The van der Waals surface area contributed by atoms with Crippen molar-refractivity contribution in [3.05, 3.63) is 28.3 Å². The number of amides is 1. The van der Waals surface area contributed by atoms with Crippen molar-refractivity contribution in [2.75, 3.05) is 25.0 Å². The normalized spacial score (nSPS) is 15.7. The summed E-state index contributed by atoms with van der Waals surface area (Å²) in [6.07, 6.45) is 1.97. The summed E-state index contributed by atoms with van der Waals surface area (Å²) in [5.74, 6) is 0.173. The summed E-state index contributed by atoms with van der Waals surface area (Å²) in [5.41, 5.74) is 2.73. The third kappa shape index (κ3) is 3.68. The van der Waals surface area contributed by atoms with E-state index in [2.05, 4.69) is 26.1 Å². The van der Waals surface area contributed by atoms with Gasteiger partial charge in [0.1, 0.15) is 0 Å². The largest absolute Gasteiger partial charge is 0.320 e. The Morgan fingerprint density at radius 3 is 1.91 bits per heavy atom. The van der Waals surface area contributed by atoms with Crippen LogP contribution in [0.3, 0.4) is 0 Å². The molecular formula is C18H28ClN2OY+. The van der Waals surface area contributed by atoms with Crippen molar-refractivity contribution in [2.24, 2.45) is 0 Å². The predicted octanol–water partition coefficient (Wildman–Crippen LogP) is 4.30. The van der Waals surface area contributed by atoms with E-state index in [9.17, 15) is 4.79 Å². The molecule has 1 N–H and O–H groups in total. The Balaban J connectivity index is 0.00000264. The minimum absolute atomic E-state index is 0. The third-order valence-electron chi connectivity index (χ3n) is 5.61. The van der Waals surface area contributed by atoms with Crippen LogP contribution in [0, 0.1) is 13.8 Å². The van der Waals surface area contributed by atoms with Crippen molar-refractivity contribution >= 4 is 23.2 Å². The van der Waals surface area contributed by atoms with Crippen LogP contribution in [0.4, 0.5) is 5.69 Å². The van der Waals surface area contributed by atoms with Gasteiger partial charge in [0.25, 0.3) is 5.91 Å². The van der Waals surface area contributed by atoms with Crippen molar-refractivity contribution in [3.63, 3.8) is 0 Å². The first kappa shape index (κ1) is 21.1. The molecule has 0 atom stereocenters. The average molecular weight is 413 g/mol. The van der Waals surface area contributed by atoms with E-state index in [0.29, 0.717) is 0 Å². The topological polar surface area (TPSA) is 29.1 Å². The van der Waals surface area contributed by atoms with Crippen LogP contribution in [-0.2, 0) is 37.5 Å². The smallest absolute Gasteiger partial charge is 0.285 e. The molecule has 1 aromatic carbocycles. The van der Waals surface area contributed by atoms with Gasteiger partial charge in [-0.05, 0) is 57.9 Å². The molecule has 0 spiro atoms. The molecular weight excluding hydrogens is 385 g/mol. The van der Waals surface area contributed by atoms with Gasteiger partial charge in [-0.3, -0.25) is 4.79 Å². The molecule has 0 unspecified atom stereocenters. The number of carbonyl (C=O) groups excluding carboxylic acids is 1. The first-order chi connectivity index (χ1) is 10.4. The standard InChI is InChI=1S/C18H27ClN2O.Y/c1-6-21(7-2,8-3)18(9-10-18)17(22)20-16-13(4)11-15(19)12-14(16)5;/h11-12H,6-10H2,1-5H3;/p+1. The molecule has 1 radical (unpaired) electrons. The van der Waals surface area contributed by atoms with Gasteiger partial charge in [0, 0.05) is 56.3 Å². The Morgan fingerprint density at radius 2 is 1.57 bits per heavy atom.